The fourth-order valence-electron chi connectivity index (χ4n) is 5.63. The molecule has 10 nitrogen and oxygen atoms in total. The zero-order chi connectivity index (χ0) is 28.2. The predicted octanol–water partition coefficient (Wildman–Crippen LogP) is 3.90. The number of amides is 2. The maximum Gasteiger partial charge on any atom is 0.408 e. The van der Waals surface area contributed by atoms with Crippen LogP contribution in [-0.4, -0.2) is 54.9 Å². The van der Waals surface area contributed by atoms with Crippen LogP contribution < -0.4 is 10.6 Å². The molecule has 40 heavy (non-hydrogen) atoms. The van der Waals surface area contributed by atoms with Gasteiger partial charge in [0.1, 0.15) is 11.7 Å². The lowest BCUT2D eigenvalue weighted by atomic mass is 9.81. The van der Waals surface area contributed by atoms with Gasteiger partial charge in [-0.05, 0) is 61.2 Å². The summed E-state index contributed by atoms with van der Waals surface area (Å²) in [7, 11) is 0. The van der Waals surface area contributed by atoms with Gasteiger partial charge < -0.3 is 10.6 Å². The Morgan fingerprint density at radius 3 is 2.62 bits per heavy atom. The number of carbonyl (C=O) groups excluding carboxylic acids is 2. The van der Waals surface area contributed by atoms with Gasteiger partial charge in [-0.15, -0.1) is 0 Å². The molecule has 0 spiro atoms. The summed E-state index contributed by atoms with van der Waals surface area (Å²) in [5.41, 5.74) is 1.79. The number of rotatable bonds is 7. The maximum absolute atomic E-state index is 13.9. The molecule has 3 aromatic heterocycles. The number of halogens is 5. The van der Waals surface area contributed by atoms with Gasteiger partial charge in [0.2, 0.25) is 11.8 Å². The third-order valence-electron chi connectivity index (χ3n) is 8.01. The van der Waals surface area contributed by atoms with Crippen LogP contribution in [0, 0.1) is 11.8 Å². The van der Waals surface area contributed by atoms with Crippen molar-refractivity contribution in [2.24, 2.45) is 11.8 Å². The molecule has 3 fully saturated rings. The van der Waals surface area contributed by atoms with Crippen molar-refractivity contribution in [3.05, 3.63) is 41.1 Å². The molecule has 214 valence electrons. The first kappa shape index (κ1) is 26.6. The monoisotopic (exact) mass is 567 g/mol. The van der Waals surface area contributed by atoms with Crippen LogP contribution >= 0.6 is 0 Å². The van der Waals surface area contributed by atoms with E-state index in [0.29, 0.717) is 22.6 Å². The molecular weight excluding hydrogens is 541 g/mol. The topological polar surface area (TPSA) is 127 Å². The number of fused-ring (bicyclic) bond motifs is 1. The minimum Gasteiger partial charge on any atom is -0.344 e. The Balaban J connectivity index is 1.24. The number of nitrogens with zero attached hydrogens (tertiary/aromatic N) is 5. The van der Waals surface area contributed by atoms with E-state index in [0.717, 1.165) is 12.8 Å². The van der Waals surface area contributed by atoms with E-state index in [1.54, 1.807) is 12.3 Å². The second kappa shape index (κ2) is 9.77. The Morgan fingerprint density at radius 1 is 1.20 bits per heavy atom. The molecular formula is C25H26F5N7O3. The molecule has 3 aliphatic rings. The van der Waals surface area contributed by atoms with E-state index in [2.05, 4.69) is 25.7 Å². The van der Waals surface area contributed by atoms with Crippen molar-refractivity contribution in [3.8, 4) is 0 Å². The van der Waals surface area contributed by atoms with Crippen LogP contribution in [-0.2, 0) is 11.2 Å². The van der Waals surface area contributed by atoms with Crippen molar-refractivity contribution < 1.29 is 36.2 Å². The third-order valence-corrected chi connectivity index (χ3v) is 8.01. The van der Waals surface area contributed by atoms with Crippen LogP contribution in [0.4, 0.5) is 22.0 Å². The Morgan fingerprint density at radius 2 is 1.95 bits per heavy atom. The van der Waals surface area contributed by atoms with Gasteiger partial charge in [-0.25, -0.2) is 22.9 Å². The van der Waals surface area contributed by atoms with Gasteiger partial charge >= 0.3 is 6.18 Å². The van der Waals surface area contributed by atoms with Crippen molar-refractivity contribution in [2.75, 3.05) is 0 Å². The Labute approximate surface area is 224 Å². The number of carbonyl (C=O) groups is 2. The van der Waals surface area contributed by atoms with Gasteiger partial charge in [0.05, 0.1) is 24.1 Å². The Hall–Kier alpha value is -3.65. The maximum atomic E-state index is 13.9. The summed E-state index contributed by atoms with van der Waals surface area (Å²) in [6.07, 6.45) is -0.381. The molecule has 2 aliphatic carbocycles. The minimum atomic E-state index is -4.52. The second-order valence-corrected chi connectivity index (χ2v) is 11.0. The standard InChI is InChI=1S/C25H26F5N7O3/c26-24(27)5-3-14(4-6-24)19(34-23(39)21-20(13-1-2-13)35-40-36-21)16-11-37-18(32-16)8-12(10-31-37)7-15-9-17(25(28,29)30)33-22(15)38/h8,10-11,13-15,17,19H,1-7,9H2,(H,33,38)(H,34,39)/t15-,17+,19+/m1/s1. The molecule has 3 atom stereocenters. The van der Waals surface area contributed by atoms with Crippen LogP contribution in [0.2, 0.25) is 0 Å². The number of hydrogen-bond donors (Lipinski definition) is 2. The number of hydrogen-bond acceptors (Lipinski definition) is 7. The highest BCUT2D eigenvalue weighted by Gasteiger charge is 2.47. The Bertz CT molecular complexity index is 1420. The molecule has 3 aromatic rings. The fraction of sp³-hybridized carbons (Fsp3) is 0.600. The summed E-state index contributed by atoms with van der Waals surface area (Å²) in [5, 5.41) is 16.8. The Kier molecular flexibility index (Phi) is 6.49. The van der Waals surface area contributed by atoms with E-state index in [-0.39, 0.29) is 56.1 Å². The van der Waals surface area contributed by atoms with Gasteiger partial charge in [0.25, 0.3) is 5.91 Å². The molecule has 2 amide bonds. The van der Waals surface area contributed by atoms with Crippen LogP contribution in [0.5, 0.6) is 0 Å². The summed E-state index contributed by atoms with van der Waals surface area (Å²) in [6, 6.07) is -0.997. The van der Waals surface area contributed by atoms with Crippen LogP contribution in [0.3, 0.4) is 0 Å². The largest absolute Gasteiger partial charge is 0.408 e. The summed E-state index contributed by atoms with van der Waals surface area (Å²) in [5.74, 6) is -5.08. The average molecular weight is 568 g/mol. The van der Waals surface area contributed by atoms with E-state index in [9.17, 15) is 31.5 Å². The number of alkyl halides is 5. The smallest absolute Gasteiger partial charge is 0.344 e. The highest BCUT2D eigenvalue weighted by atomic mass is 19.4. The van der Waals surface area contributed by atoms with Crippen molar-refractivity contribution in [1.29, 1.82) is 0 Å². The molecule has 15 heteroatoms. The van der Waals surface area contributed by atoms with Gasteiger partial charge in [-0.3, -0.25) is 9.59 Å². The first-order valence-corrected chi connectivity index (χ1v) is 13.2. The van der Waals surface area contributed by atoms with Crippen molar-refractivity contribution in [3.63, 3.8) is 0 Å². The van der Waals surface area contributed by atoms with Gasteiger partial charge in [-0.2, -0.15) is 18.3 Å². The van der Waals surface area contributed by atoms with Gasteiger partial charge in [0, 0.05) is 24.7 Å². The zero-order valence-electron chi connectivity index (χ0n) is 21.1. The quantitative estimate of drug-likeness (QED) is 0.415. The van der Waals surface area contributed by atoms with E-state index in [1.807, 2.05) is 5.32 Å². The molecule has 0 unspecified atom stereocenters. The molecule has 0 radical (unpaired) electrons. The second-order valence-electron chi connectivity index (χ2n) is 11.0. The lowest BCUT2D eigenvalue weighted by Crippen LogP contribution is -2.38. The van der Waals surface area contributed by atoms with E-state index in [4.69, 9.17) is 4.63 Å². The summed E-state index contributed by atoms with van der Waals surface area (Å²) < 4.78 is 73.3. The SMILES string of the molecule is O=C(N[C@H](c1cn2ncc(C[C@@H]3C[C@@H](C(F)(F)F)NC3=O)cc2n1)C1CCC(F)(F)CC1)c1nonc1C1CC1. The van der Waals surface area contributed by atoms with Crippen molar-refractivity contribution >= 4 is 17.5 Å². The highest BCUT2D eigenvalue weighted by molar-refractivity contribution is 5.93. The first-order chi connectivity index (χ1) is 19.0. The van der Waals surface area contributed by atoms with E-state index < -0.39 is 41.9 Å². The highest BCUT2D eigenvalue weighted by Crippen LogP contribution is 2.43. The molecule has 0 bridgehead atoms. The van der Waals surface area contributed by atoms with Crippen molar-refractivity contribution in [1.82, 2.24) is 35.5 Å². The molecule has 6 rings (SSSR count). The fourth-order valence-corrected chi connectivity index (χ4v) is 5.63. The first-order valence-electron chi connectivity index (χ1n) is 13.2. The number of aromatic nitrogens is 5. The van der Waals surface area contributed by atoms with Crippen LogP contribution in [0.1, 0.15) is 84.3 Å². The summed E-state index contributed by atoms with van der Waals surface area (Å²) in [6.45, 7) is 0. The van der Waals surface area contributed by atoms with Crippen LogP contribution in [0.15, 0.2) is 23.1 Å². The minimum absolute atomic E-state index is 0.0467. The zero-order valence-corrected chi connectivity index (χ0v) is 21.1. The number of nitrogens with one attached hydrogen (secondary N) is 2. The molecule has 2 saturated carbocycles. The van der Waals surface area contributed by atoms with Crippen molar-refractivity contribution in [2.45, 2.75) is 81.5 Å². The molecule has 1 saturated heterocycles. The molecule has 2 N–H and O–H groups in total. The van der Waals surface area contributed by atoms with E-state index in [1.165, 1.54) is 10.7 Å². The van der Waals surface area contributed by atoms with Gasteiger partial charge in [-0.1, -0.05) is 5.16 Å². The average Bonchev–Trinajstić information content (AvgIpc) is 3.28. The lowest BCUT2D eigenvalue weighted by molar-refractivity contribution is -0.154. The van der Waals surface area contributed by atoms with Gasteiger partial charge in [0.15, 0.2) is 11.3 Å². The molecule has 1 aliphatic heterocycles. The third kappa shape index (κ3) is 5.37. The molecule has 4 heterocycles. The normalized spacial score (nSPS) is 24.3. The summed E-state index contributed by atoms with van der Waals surface area (Å²) >= 11 is 0. The predicted molar refractivity (Wildman–Crippen MR) is 126 cm³/mol. The summed E-state index contributed by atoms with van der Waals surface area (Å²) in [4.78, 5) is 29.9. The number of imidazole rings is 1. The van der Waals surface area contributed by atoms with Crippen LogP contribution in [0.25, 0.3) is 5.65 Å². The lowest BCUT2D eigenvalue weighted by Gasteiger charge is -2.33. The molecule has 0 aromatic carbocycles. The van der Waals surface area contributed by atoms with E-state index >= 15 is 0 Å².